The van der Waals surface area contributed by atoms with Crippen molar-refractivity contribution < 1.29 is 0 Å². The molecule has 28 atom stereocenters. The number of allylic oxidation sites excluding steroid dienone is 2. The zero-order chi connectivity index (χ0) is 24.4. The molecule has 0 aromatic carbocycles. The largest absolute Gasteiger partial charge is 0.0845 e. The second-order valence-electron chi connectivity index (χ2n) is 20.7. The first kappa shape index (κ1) is 19.9. The van der Waals surface area contributed by atoms with Crippen molar-refractivity contribution in [1.82, 2.24) is 0 Å². The highest BCUT2D eigenvalue weighted by Crippen LogP contribution is 2.92. The van der Waals surface area contributed by atoms with Gasteiger partial charge in [-0.15, -0.1) is 0 Å². The molecule has 0 spiro atoms. The van der Waals surface area contributed by atoms with Crippen molar-refractivity contribution in [3.05, 3.63) is 12.2 Å². The van der Waals surface area contributed by atoms with E-state index in [9.17, 15) is 0 Å². The second kappa shape index (κ2) is 5.55. The van der Waals surface area contributed by atoms with Crippen molar-refractivity contribution in [2.24, 2.45) is 178 Å². The average Bonchev–Trinajstić information content (AvgIpc) is 3.79. The Morgan fingerprint density at radius 1 is 0.200 bits per heavy atom. The van der Waals surface area contributed by atoms with Crippen LogP contribution in [0.4, 0.5) is 0 Å². The molecule has 16 aliphatic rings. The van der Waals surface area contributed by atoms with E-state index in [2.05, 4.69) is 12.2 Å². The molecule has 28 unspecified atom stereocenters. The molecule has 0 saturated heterocycles. The van der Waals surface area contributed by atoms with Crippen LogP contribution in [0.3, 0.4) is 0 Å². The number of hydrogen-bond acceptors (Lipinski definition) is 0. The second-order valence-corrected chi connectivity index (χ2v) is 20.7. The maximum atomic E-state index is 3.01. The molecule has 16 rings (SSSR count). The molecule has 0 heteroatoms. The van der Waals surface area contributed by atoms with Gasteiger partial charge in [0.25, 0.3) is 0 Å². The fraction of sp³-hybridized carbons (Fsp3) is 0.950. The SMILES string of the molecule is C1=CC2C3CCC4C5CCC6C7CCC8C9CCC%10C1C1C2C2C3C4C3C5C6C4C7C8C5C9C%10C1C1C2C3C4C51. The predicted molar refractivity (Wildman–Crippen MR) is 151 cm³/mol. The lowest BCUT2D eigenvalue weighted by atomic mass is 9.43. The minimum Gasteiger partial charge on any atom is -0.0845 e. The van der Waals surface area contributed by atoms with Gasteiger partial charge in [0.1, 0.15) is 0 Å². The Kier molecular flexibility index (Phi) is 2.76. The normalized spacial score (nSPS) is 86.6. The molecule has 0 aromatic heterocycles. The van der Waals surface area contributed by atoms with Crippen molar-refractivity contribution in [3.63, 3.8) is 0 Å². The molecule has 208 valence electrons. The van der Waals surface area contributed by atoms with Gasteiger partial charge in [0.2, 0.25) is 0 Å². The van der Waals surface area contributed by atoms with Crippen molar-refractivity contribution >= 4 is 0 Å². The van der Waals surface area contributed by atoms with E-state index in [-0.39, 0.29) is 0 Å². The van der Waals surface area contributed by atoms with E-state index in [0.29, 0.717) is 0 Å². The number of fused-ring (bicyclic) bond motifs is 5. The van der Waals surface area contributed by atoms with Crippen molar-refractivity contribution in [1.29, 1.82) is 0 Å². The maximum absolute atomic E-state index is 3.01. The van der Waals surface area contributed by atoms with E-state index >= 15 is 0 Å². The van der Waals surface area contributed by atoms with Crippen LogP contribution in [0.1, 0.15) is 51.4 Å². The molecule has 0 aromatic rings. The van der Waals surface area contributed by atoms with Crippen LogP contribution >= 0.6 is 0 Å². The topological polar surface area (TPSA) is 0 Å². The summed E-state index contributed by atoms with van der Waals surface area (Å²) in [5.74, 6) is 36.4. The Morgan fingerprint density at radius 3 is 0.700 bits per heavy atom. The van der Waals surface area contributed by atoms with Gasteiger partial charge in [0.15, 0.2) is 0 Å². The molecule has 0 bridgehead atoms. The third-order valence-electron chi connectivity index (χ3n) is 22.5. The van der Waals surface area contributed by atoms with Gasteiger partial charge >= 0.3 is 0 Å². The summed E-state index contributed by atoms with van der Waals surface area (Å²) in [6.07, 6.45) is 19.6. The van der Waals surface area contributed by atoms with Gasteiger partial charge in [-0.2, -0.15) is 0 Å². The summed E-state index contributed by atoms with van der Waals surface area (Å²) < 4.78 is 0. The molecular formula is C40H48. The molecule has 0 aliphatic heterocycles. The van der Waals surface area contributed by atoms with Crippen molar-refractivity contribution in [3.8, 4) is 0 Å². The summed E-state index contributed by atoms with van der Waals surface area (Å²) in [6, 6.07) is 0. The lowest BCUT2D eigenvalue weighted by molar-refractivity contribution is -0.147. The first-order chi connectivity index (χ1) is 19.9. The lowest BCUT2D eigenvalue weighted by Crippen LogP contribution is -2.58. The van der Waals surface area contributed by atoms with Crippen LogP contribution in [0, 0.1) is 178 Å². The van der Waals surface area contributed by atoms with E-state index in [0.717, 1.165) is 23.7 Å². The smallest absolute Gasteiger partial charge is 0.0168 e. The van der Waals surface area contributed by atoms with Gasteiger partial charge in [0.05, 0.1) is 0 Å². The Labute approximate surface area is 240 Å². The van der Waals surface area contributed by atoms with Crippen LogP contribution < -0.4 is 0 Å². The molecule has 0 heterocycles. The molecule has 15 saturated carbocycles. The quantitative estimate of drug-likeness (QED) is 0.288. The van der Waals surface area contributed by atoms with E-state index in [4.69, 9.17) is 0 Å². The summed E-state index contributed by atoms with van der Waals surface area (Å²) in [5, 5.41) is 0. The van der Waals surface area contributed by atoms with Crippen molar-refractivity contribution in [2.45, 2.75) is 51.4 Å². The lowest BCUT2D eigenvalue weighted by Gasteiger charge is -2.61. The van der Waals surface area contributed by atoms with Crippen molar-refractivity contribution in [2.75, 3.05) is 0 Å². The summed E-state index contributed by atoms with van der Waals surface area (Å²) in [5.41, 5.74) is 0. The van der Waals surface area contributed by atoms with Crippen LogP contribution in [-0.2, 0) is 0 Å². The molecule has 0 amide bonds. The first-order valence-corrected chi connectivity index (χ1v) is 19.6. The molecule has 40 heavy (non-hydrogen) atoms. The fourth-order valence-electron chi connectivity index (χ4n) is 24.2. The molecule has 0 N–H and O–H groups in total. The highest BCUT2D eigenvalue weighted by atomic mass is 14.9. The van der Waals surface area contributed by atoms with Gasteiger partial charge in [-0.1, -0.05) is 12.2 Å². The minimum absolute atomic E-state index is 1.05. The monoisotopic (exact) mass is 528 g/mol. The van der Waals surface area contributed by atoms with E-state index in [1.165, 1.54) is 154 Å². The molecule has 15 fully saturated rings. The van der Waals surface area contributed by atoms with E-state index < -0.39 is 0 Å². The number of rotatable bonds is 0. The zero-order valence-corrected chi connectivity index (χ0v) is 24.1. The van der Waals surface area contributed by atoms with Gasteiger partial charge in [-0.05, 0) is 229 Å². The van der Waals surface area contributed by atoms with Crippen LogP contribution in [0.2, 0.25) is 0 Å². The first-order valence-electron chi connectivity index (χ1n) is 19.6. The Balaban J connectivity index is 1.08. The molecule has 0 nitrogen and oxygen atoms in total. The van der Waals surface area contributed by atoms with Gasteiger partial charge < -0.3 is 0 Å². The minimum atomic E-state index is 1.05. The highest BCUT2D eigenvalue weighted by Gasteiger charge is 2.88. The summed E-state index contributed by atoms with van der Waals surface area (Å²) in [4.78, 5) is 0. The summed E-state index contributed by atoms with van der Waals surface area (Å²) in [7, 11) is 0. The fourth-order valence-corrected chi connectivity index (χ4v) is 24.2. The summed E-state index contributed by atoms with van der Waals surface area (Å²) in [6.45, 7) is 0. The molecule has 0 radical (unpaired) electrons. The average molecular weight is 529 g/mol. The Bertz CT molecular complexity index is 1270. The van der Waals surface area contributed by atoms with Crippen LogP contribution in [0.15, 0.2) is 12.2 Å². The molecular weight excluding hydrogens is 480 g/mol. The van der Waals surface area contributed by atoms with Crippen LogP contribution in [0.25, 0.3) is 0 Å². The van der Waals surface area contributed by atoms with E-state index in [1.54, 1.807) is 51.4 Å². The van der Waals surface area contributed by atoms with E-state index in [1.807, 2.05) is 0 Å². The summed E-state index contributed by atoms with van der Waals surface area (Å²) >= 11 is 0. The van der Waals surface area contributed by atoms with Gasteiger partial charge in [-0.25, -0.2) is 0 Å². The zero-order valence-electron chi connectivity index (χ0n) is 24.1. The van der Waals surface area contributed by atoms with Crippen LogP contribution in [-0.4, -0.2) is 0 Å². The Hall–Kier alpha value is -0.260. The standard InChI is InChI=1S/C40H48/c1-2-12-14-5-6-16-18-9-10-20-19-8-7-17-15-4-3-13-11(1)21-22(12)32-24(14)26(16)34-29(18)30(20)35-28(19)27(17)33-25(15)23(13)31(21)36-37(32)39(34)40(35)38(33)36/h1-2,11-40H,3-10H2. The maximum Gasteiger partial charge on any atom is -0.0168 e. The third kappa shape index (κ3) is 1.49. The number of hydrogen-bond donors (Lipinski definition) is 0. The predicted octanol–water partition coefficient (Wildman–Crippen LogP) is 7.37. The highest BCUT2D eigenvalue weighted by molar-refractivity contribution is 5.37. The third-order valence-corrected chi connectivity index (χ3v) is 22.5. The van der Waals surface area contributed by atoms with Crippen LogP contribution in [0.5, 0.6) is 0 Å². The molecule has 16 aliphatic carbocycles. The Morgan fingerprint density at radius 2 is 0.400 bits per heavy atom. The van der Waals surface area contributed by atoms with Gasteiger partial charge in [-0.3, -0.25) is 0 Å². The van der Waals surface area contributed by atoms with Gasteiger partial charge in [0, 0.05) is 0 Å².